The number of nitrogens with zero attached hydrogens (tertiary/aromatic N) is 1. The van der Waals surface area contributed by atoms with E-state index in [1.165, 1.54) is 11.1 Å². The molecule has 1 heteroatoms. The van der Waals surface area contributed by atoms with Crippen molar-refractivity contribution in [3.05, 3.63) is 36.2 Å². The molecule has 0 fully saturated rings. The maximum atomic E-state index is 3.70. The smallest absolute Gasteiger partial charge is 0.0397 e. The third-order valence-corrected chi connectivity index (χ3v) is 1.67. The fourth-order valence-corrected chi connectivity index (χ4v) is 1.39. The molecule has 1 heterocycles. The summed E-state index contributed by atoms with van der Waals surface area (Å²) in [6.07, 6.45) is 7.38. The van der Waals surface area contributed by atoms with Gasteiger partial charge in [0.2, 0.25) is 0 Å². The summed E-state index contributed by atoms with van der Waals surface area (Å²) in [5, 5.41) is 0. The minimum atomic E-state index is 0.911. The molecule has 0 N–H and O–H groups in total. The third-order valence-electron chi connectivity index (χ3n) is 1.67. The Hall–Kier alpha value is -0.980. The third kappa shape index (κ3) is 2.26. The molecule has 0 aromatic heterocycles. The summed E-state index contributed by atoms with van der Waals surface area (Å²) in [5.74, 6) is 0. The van der Waals surface area contributed by atoms with E-state index in [1.54, 1.807) is 0 Å². The normalized spacial score (nSPS) is 17.5. The average molecular weight is 149 g/mol. The molecule has 60 valence electrons. The van der Waals surface area contributed by atoms with Crippen LogP contribution in [0.3, 0.4) is 0 Å². The molecular weight excluding hydrogens is 134 g/mol. The van der Waals surface area contributed by atoms with Crippen LogP contribution in [0.1, 0.15) is 20.3 Å². The van der Waals surface area contributed by atoms with Gasteiger partial charge in [0, 0.05) is 18.9 Å². The minimum absolute atomic E-state index is 0.911. The summed E-state index contributed by atoms with van der Waals surface area (Å²) in [6, 6.07) is 0. The van der Waals surface area contributed by atoms with Crippen LogP contribution < -0.4 is 0 Å². The molecule has 1 nitrogen and oxygen atoms in total. The standard InChI is InChI=1S/C10H15N/c1-4-5-11-7-9(2)6-10(3)8-11/h4,7-8H,1,5-6H2,2-3H3. The molecule has 0 spiro atoms. The van der Waals surface area contributed by atoms with Gasteiger partial charge in [0.05, 0.1) is 0 Å². The van der Waals surface area contributed by atoms with Crippen molar-refractivity contribution in [2.24, 2.45) is 0 Å². The Balaban J connectivity index is 2.64. The van der Waals surface area contributed by atoms with Crippen LogP contribution in [0.4, 0.5) is 0 Å². The van der Waals surface area contributed by atoms with Crippen LogP contribution in [-0.2, 0) is 0 Å². The van der Waals surface area contributed by atoms with Crippen LogP contribution in [-0.4, -0.2) is 11.4 Å². The Morgan fingerprint density at radius 3 is 2.45 bits per heavy atom. The molecule has 0 aliphatic carbocycles. The zero-order valence-electron chi connectivity index (χ0n) is 7.30. The van der Waals surface area contributed by atoms with Gasteiger partial charge >= 0.3 is 0 Å². The van der Waals surface area contributed by atoms with Crippen molar-refractivity contribution in [3.63, 3.8) is 0 Å². The van der Waals surface area contributed by atoms with Gasteiger partial charge in [-0.15, -0.1) is 6.58 Å². The molecule has 0 aromatic carbocycles. The Morgan fingerprint density at radius 1 is 1.45 bits per heavy atom. The molecule has 1 aliphatic rings. The molecular formula is C10H15N. The Labute approximate surface area is 68.7 Å². The van der Waals surface area contributed by atoms with E-state index in [9.17, 15) is 0 Å². The van der Waals surface area contributed by atoms with Gasteiger partial charge in [-0.1, -0.05) is 17.2 Å². The highest BCUT2D eigenvalue weighted by atomic mass is 15.1. The molecule has 0 radical (unpaired) electrons. The second-order valence-corrected chi connectivity index (χ2v) is 3.11. The fraction of sp³-hybridized carbons (Fsp3) is 0.400. The summed E-state index contributed by atoms with van der Waals surface area (Å²) >= 11 is 0. The first-order valence-electron chi connectivity index (χ1n) is 3.93. The summed E-state index contributed by atoms with van der Waals surface area (Å²) < 4.78 is 0. The number of hydrogen-bond donors (Lipinski definition) is 0. The second-order valence-electron chi connectivity index (χ2n) is 3.11. The number of rotatable bonds is 2. The van der Waals surface area contributed by atoms with Crippen molar-refractivity contribution in [2.75, 3.05) is 6.54 Å². The molecule has 11 heavy (non-hydrogen) atoms. The first-order chi connectivity index (χ1) is 5.22. The molecule has 0 saturated carbocycles. The highest BCUT2D eigenvalue weighted by Crippen LogP contribution is 2.17. The van der Waals surface area contributed by atoms with E-state index in [-0.39, 0.29) is 0 Å². The van der Waals surface area contributed by atoms with E-state index >= 15 is 0 Å². The van der Waals surface area contributed by atoms with E-state index in [0.29, 0.717) is 0 Å². The highest BCUT2D eigenvalue weighted by Gasteiger charge is 2.03. The van der Waals surface area contributed by atoms with Crippen molar-refractivity contribution in [2.45, 2.75) is 20.3 Å². The zero-order chi connectivity index (χ0) is 8.27. The summed E-state index contributed by atoms with van der Waals surface area (Å²) in [5.41, 5.74) is 2.85. The van der Waals surface area contributed by atoms with Crippen LogP contribution in [0.5, 0.6) is 0 Å². The van der Waals surface area contributed by atoms with Crippen LogP contribution in [0, 0.1) is 0 Å². The van der Waals surface area contributed by atoms with Crippen LogP contribution in [0.25, 0.3) is 0 Å². The van der Waals surface area contributed by atoms with Crippen molar-refractivity contribution in [3.8, 4) is 0 Å². The molecule has 0 bridgehead atoms. The topological polar surface area (TPSA) is 3.24 Å². The summed E-state index contributed by atoms with van der Waals surface area (Å²) in [7, 11) is 0. The Morgan fingerprint density at radius 2 is 2.00 bits per heavy atom. The predicted octanol–water partition coefficient (Wildman–Crippen LogP) is 2.69. The van der Waals surface area contributed by atoms with Gasteiger partial charge in [0.1, 0.15) is 0 Å². The first kappa shape index (κ1) is 8.12. The molecule has 1 aliphatic heterocycles. The SMILES string of the molecule is C=CCN1C=C(C)CC(C)=C1. The maximum Gasteiger partial charge on any atom is 0.0397 e. The average Bonchev–Trinajstić information content (AvgIpc) is 1.85. The van der Waals surface area contributed by atoms with E-state index in [1.807, 2.05) is 6.08 Å². The van der Waals surface area contributed by atoms with Crippen molar-refractivity contribution in [1.82, 2.24) is 4.90 Å². The lowest BCUT2D eigenvalue weighted by Gasteiger charge is -2.21. The van der Waals surface area contributed by atoms with E-state index in [2.05, 4.69) is 37.7 Å². The van der Waals surface area contributed by atoms with Crippen LogP contribution in [0.15, 0.2) is 36.2 Å². The first-order valence-corrected chi connectivity index (χ1v) is 3.93. The van der Waals surface area contributed by atoms with Crippen molar-refractivity contribution >= 4 is 0 Å². The van der Waals surface area contributed by atoms with E-state index in [0.717, 1.165) is 13.0 Å². The molecule has 0 atom stereocenters. The molecule has 0 unspecified atom stereocenters. The minimum Gasteiger partial charge on any atom is -0.351 e. The van der Waals surface area contributed by atoms with Gasteiger partial charge in [-0.05, 0) is 20.3 Å². The van der Waals surface area contributed by atoms with Gasteiger partial charge in [-0.25, -0.2) is 0 Å². The maximum absolute atomic E-state index is 3.70. The number of hydrogen-bond acceptors (Lipinski definition) is 1. The van der Waals surface area contributed by atoms with Crippen molar-refractivity contribution < 1.29 is 0 Å². The van der Waals surface area contributed by atoms with Crippen LogP contribution >= 0.6 is 0 Å². The van der Waals surface area contributed by atoms with Gasteiger partial charge < -0.3 is 4.90 Å². The largest absolute Gasteiger partial charge is 0.351 e. The zero-order valence-corrected chi connectivity index (χ0v) is 7.30. The lowest BCUT2D eigenvalue weighted by Crippen LogP contribution is -2.13. The van der Waals surface area contributed by atoms with E-state index in [4.69, 9.17) is 0 Å². The van der Waals surface area contributed by atoms with Gasteiger partial charge in [-0.2, -0.15) is 0 Å². The molecule has 0 saturated heterocycles. The number of allylic oxidation sites excluding steroid dienone is 2. The Bertz CT molecular complexity index is 193. The molecule has 1 rings (SSSR count). The van der Waals surface area contributed by atoms with Gasteiger partial charge in [0.25, 0.3) is 0 Å². The second kappa shape index (κ2) is 3.42. The monoisotopic (exact) mass is 149 g/mol. The lowest BCUT2D eigenvalue weighted by atomic mass is 10.1. The van der Waals surface area contributed by atoms with E-state index < -0.39 is 0 Å². The van der Waals surface area contributed by atoms with Gasteiger partial charge in [-0.3, -0.25) is 0 Å². The van der Waals surface area contributed by atoms with Crippen molar-refractivity contribution in [1.29, 1.82) is 0 Å². The summed E-state index contributed by atoms with van der Waals surface area (Å²) in [6.45, 7) is 8.93. The fourth-order valence-electron chi connectivity index (χ4n) is 1.39. The summed E-state index contributed by atoms with van der Waals surface area (Å²) in [4.78, 5) is 2.17. The molecule has 0 aromatic rings. The van der Waals surface area contributed by atoms with Crippen LogP contribution in [0.2, 0.25) is 0 Å². The quantitative estimate of drug-likeness (QED) is 0.546. The van der Waals surface area contributed by atoms with Gasteiger partial charge in [0.15, 0.2) is 0 Å². The Kier molecular flexibility index (Phi) is 2.53. The highest BCUT2D eigenvalue weighted by molar-refractivity contribution is 5.18. The molecule has 0 amide bonds. The predicted molar refractivity (Wildman–Crippen MR) is 49.0 cm³/mol. The lowest BCUT2D eigenvalue weighted by molar-refractivity contribution is 0.540.